The molecule has 42 heavy (non-hydrogen) atoms. The van der Waals surface area contributed by atoms with Crippen LogP contribution in [0.2, 0.25) is 0 Å². The topological polar surface area (TPSA) is 110 Å². The van der Waals surface area contributed by atoms with E-state index in [0.29, 0.717) is 22.3 Å². The van der Waals surface area contributed by atoms with Crippen LogP contribution in [0.5, 0.6) is 0 Å². The molecule has 1 aromatic carbocycles. The number of pyridine rings is 1. The Labute approximate surface area is 254 Å². The number of carbonyl (C=O) groups is 3. The third kappa shape index (κ3) is 4.79. The maximum Gasteiger partial charge on any atom is 0.248 e. The van der Waals surface area contributed by atoms with Crippen LogP contribution in [0.15, 0.2) is 41.4 Å². The fraction of sp³-hybridized carbons (Fsp3) is 0.355. The van der Waals surface area contributed by atoms with Gasteiger partial charge in [-0.05, 0) is 85.1 Å². The maximum atomic E-state index is 14.4. The Hall–Kier alpha value is -3.99. The molecule has 0 radical (unpaired) electrons. The lowest BCUT2D eigenvalue weighted by Gasteiger charge is -2.27. The van der Waals surface area contributed by atoms with Crippen LogP contribution in [-0.2, 0) is 16.1 Å². The SMILES string of the molecule is [2H]C([2H])([2H])[C@@]12C[C@@H](C(=O)Nc3nc(Br)cc(F)c3C)N(C(=O)Cn3cc(C(C)=O)c4cc(-c5cnc(C)nc5)cc(C)c43)[C@@H]1C2. The van der Waals surface area contributed by atoms with Crippen molar-refractivity contribution in [2.45, 2.75) is 66.0 Å². The summed E-state index contributed by atoms with van der Waals surface area (Å²) in [6, 6.07) is 3.20. The highest BCUT2D eigenvalue weighted by Gasteiger charge is 2.64. The third-order valence-corrected chi connectivity index (χ3v) is 8.64. The van der Waals surface area contributed by atoms with E-state index in [0.717, 1.165) is 16.7 Å². The van der Waals surface area contributed by atoms with Gasteiger partial charge in [-0.3, -0.25) is 14.4 Å². The largest absolute Gasteiger partial charge is 0.337 e. The van der Waals surface area contributed by atoms with Gasteiger partial charge in [-0.1, -0.05) is 6.85 Å². The molecule has 2 amide bonds. The number of halogens is 2. The van der Waals surface area contributed by atoms with E-state index in [1.54, 1.807) is 30.1 Å². The highest BCUT2D eigenvalue weighted by atomic mass is 79.9. The third-order valence-electron chi connectivity index (χ3n) is 8.24. The number of Topliss-reactive ketones (excluding diaryl/α,β-unsaturated/α-hetero) is 1. The summed E-state index contributed by atoms with van der Waals surface area (Å²) in [5.74, 6) is -1.26. The van der Waals surface area contributed by atoms with E-state index in [1.165, 1.54) is 24.8 Å². The van der Waals surface area contributed by atoms with Crippen molar-refractivity contribution in [3.63, 3.8) is 0 Å². The van der Waals surface area contributed by atoms with E-state index < -0.39 is 42.0 Å². The predicted octanol–water partition coefficient (Wildman–Crippen LogP) is 5.54. The molecule has 3 aromatic heterocycles. The van der Waals surface area contributed by atoms with Crippen molar-refractivity contribution in [2.24, 2.45) is 5.41 Å². The number of nitrogens with zero attached hydrogens (tertiary/aromatic N) is 5. The minimum Gasteiger partial charge on any atom is -0.337 e. The molecular formula is C31H30BrFN6O3. The number of rotatable bonds is 6. The van der Waals surface area contributed by atoms with Gasteiger partial charge in [0.05, 0.1) is 5.52 Å². The number of anilines is 1. The number of aryl methyl sites for hydroxylation is 2. The molecule has 1 N–H and O–H groups in total. The van der Waals surface area contributed by atoms with Gasteiger partial charge in [-0.25, -0.2) is 19.3 Å². The Balaban J connectivity index is 1.36. The number of fused-ring (bicyclic) bond motifs is 2. The molecule has 11 heteroatoms. The first-order valence-electron chi connectivity index (χ1n) is 15.0. The molecule has 9 nitrogen and oxygen atoms in total. The quantitative estimate of drug-likeness (QED) is 0.220. The summed E-state index contributed by atoms with van der Waals surface area (Å²) in [4.78, 5) is 54.5. The van der Waals surface area contributed by atoms with Crippen LogP contribution in [-0.4, -0.2) is 54.1 Å². The van der Waals surface area contributed by atoms with Crippen LogP contribution >= 0.6 is 15.9 Å². The number of piperidine rings is 1. The zero-order chi connectivity index (χ0) is 32.6. The van der Waals surface area contributed by atoms with Crippen LogP contribution in [0.25, 0.3) is 22.0 Å². The monoisotopic (exact) mass is 635 g/mol. The van der Waals surface area contributed by atoms with Gasteiger partial charge in [0.25, 0.3) is 0 Å². The molecule has 3 atom stereocenters. The van der Waals surface area contributed by atoms with E-state index in [2.05, 4.69) is 36.2 Å². The van der Waals surface area contributed by atoms with Crippen LogP contribution in [0.3, 0.4) is 0 Å². The van der Waals surface area contributed by atoms with Gasteiger partial charge < -0.3 is 14.8 Å². The molecule has 4 heterocycles. The van der Waals surface area contributed by atoms with Crippen LogP contribution in [0.1, 0.15) is 58.0 Å². The Morgan fingerprint density at radius 1 is 1.14 bits per heavy atom. The minimum atomic E-state index is -2.39. The molecule has 0 bridgehead atoms. The lowest BCUT2D eigenvalue weighted by molar-refractivity contribution is -0.138. The van der Waals surface area contributed by atoms with Gasteiger partial charge in [0.2, 0.25) is 11.8 Å². The average molecular weight is 637 g/mol. The van der Waals surface area contributed by atoms with E-state index >= 15 is 0 Å². The number of amides is 2. The van der Waals surface area contributed by atoms with Crippen LogP contribution in [0.4, 0.5) is 10.2 Å². The summed E-state index contributed by atoms with van der Waals surface area (Å²) in [6.07, 6.45) is 5.23. The Morgan fingerprint density at radius 3 is 2.57 bits per heavy atom. The van der Waals surface area contributed by atoms with Crippen LogP contribution < -0.4 is 5.32 Å². The molecule has 1 aliphatic heterocycles. The molecular weight excluding hydrogens is 603 g/mol. The van der Waals surface area contributed by atoms with Crippen molar-refractivity contribution in [1.82, 2.24) is 24.4 Å². The zero-order valence-corrected chi connectivity index (χ0v) is 25.0. The molecule has 216 valence electrons. The normalized spacial score (nSPS) is 22.3. The summed E-state index contributed by atoms with van der Waals surface area (Å²) >= 11 is 3.13. The van der Waals surface area contributed by atoms with Gasteiger partial charge >= 0.3 is 0 Å². The first-order valence-corrected chi connectivity index (χ1v) is 14.3. The van der Waals surface area contributed by atoms with E-state index in [1.807, 2.05) is 19.1 Å². The minimum absolute atomic E-state index is 0.0179. The van der Waals surface area contributed by atoms with Gasteiger partial charge in [0.15, 0.2) is 5.78 Å². The highest BCUT2D eigenvalue weighted by molar-refractivity contribution is 9.10. The number of nitrogens with one attached hydrogen (secondary N) is 1. The number of likely N-dealkylation sites (tertiary alicyclic amines) is 1. The fourth-order valence-corrected chi connectivity index (χ4v) is 6.34. The fourth-order valence-electron chi connectivity index (χ4n) is 5.96. The van der Waals surface area contributed by atoms with E-state index in [-0.39, 0.29) is 41.2 Å². The lowest BCUT2D eigenvalue weighted by Crippen LogP contribution is -2.46. The molecule has 4 aromatic rings. The van der Waals surface area contributed by atoms with Gasteiger partial charge in [-0.2, -0.15) is 0 Å². The van der Waals surface area contributed by atoms with Gasteiger partial charge in [0.1, 0.15) is 34.6 Å². The zero-order valence-electron chi connectivity index (χ0n) is 26.5. The molecule has 2 fully saturated rings. The number of hydrogen-bond donors (Lipinski definition) is 1. The van der Waals surface area contributed by atoms with Crippen molar-refractivity contribution in [3.05, 3.63) is 69.7 Å². The number of carbonyl (C=O) groups excluding carboxylic acids is 3. The lowest BCUT2D eigenvalue weighted by atomic mass is 10.0. The first kappa shape index (κ1) is 24.6. The molecule has 1 saturated heterocycles. The molecule has 2 aliphatic rings. The van der Waals surface area contributed by atoms with Crippen molar-refractivity contribution >= 4 is 50.2 Å². The second-order valence-corrected chi connectivity index (χ2v) is 12.0. The number of ketones is 1. The van der Waals surface area contributed by atoms with E-state index in [4.69, 9.17) is 4.11 Å². The molecule has 6 rings (SSSR count). The highest BCUT2D eigenvalue weighted by Crippen LogP contribution is 2.59. The molecule has 1 aliphatic carbocycles. The van der Waals surface area contributed by atoms with Crippen molar-refractivity contribution < 1.29 is 22.9 Å². The maximum absolute atomic E-state index is 14.4. The summed E-state index contributed by atoms with van der Waals surface area (Å²) in [6.45, 7) is 3.97. The van der Waals surface area contributed by atoms with Crippen molar-refractivity contribution in [3.8, 4) is 11.1 Å². The van der Waals surface area contributed by atoms with Crippen LogP contribution in [0, 0.1) is 32.0 Å². The van der Waals surface area contributed by atoms with Gasteiger partial charge in [0, 0.05) is 56.9 Å². The Morgan fingerprint density at radius 2 is 1.88 bits per heavy atom. The number of aromatic nitrogens is 4. The standard InChI is InChI=1S/C31H30BrFN6O3/c1-15-6-19(20-11-34-18(4)35-12-20)7-21-22(17(3)40)13-38(28(15)21)14-27(41)39-24(9-31(5)10-25(31)39)30(42)37-29-16(2)23(33)8-26(32)36-29/h6-8,11-13,24-25H,9-10,14H2,1-5H3,(H,36,37,42)/t24-,25+,31-/m0/s1/i5D3. The van der Waals surface area contributed by atoms with E-state index in [9.17, 15) is 18.8 Å². The first-order chi connectivity index (χ1) is 21.1. The summed E-state index contributed by atoms with van der Waals surface area (Å²) < 4.78 is 40.8. The molecule has 1 saturated carbocycles. The predicted molar refractivity (Wildman–Crippen MR) is 159 cm³/mol. The summed E-state index contributed by atoms with van der Waals surface area (Å²) in [5.41, 5.74) is 2.40. The summed E-state index contributed by atoms with van der Waals surface area (Å²) in [5, 5.41) is 3.27. The Bertz CT molecular complexity index is 1910. The van der Waals surface area contributed by atoms with Crippen molar-refractivity contribution in [1.29, 1.82) is 0 Å². The molecule has 0 unspecified atom stereocenters. The second-order valence-electron chi connectivity index (χ2n) is 11.2. The van der Waals surface area contributed by atoms with Gasteiger partial charge in [-0.15, -0.1) is 0 Å². The number of hydrogen-bond acceptors (Lipinski definition) is 6. The summed E-state index contributed by atoms with van der Waals surface area (Å²) in [7, 11) is 0. The van der Waals surface area contributed by atoms with Crippen molar-refractivity contribution in [2.75, 3.05) is 5.32 Å². The molecule has 0 spiro atoms. The average Bonchev–Trinajstić information content (AvgIpc) is 3.41. The Kier molecular flexibility index (Phi) is 5.90. The second kappa shape index (κ2) is 10.1. The number of benzene rings is 1. The smallest absolute Gasteiger partial charge is 0.248 e.